The average molecular weight is 891 g/mol. The molecule has 0 spiro atoms. The highest BCUT2D eigenvalue weighted by molar-refractivity contribution is 5.96. The summed E-state index contributed by atoms with van der Waals surface area (Å²) >= 11 is 0. The van der Waals surface area contributed by atoms with Crippen LogP contribution < -0.4 is 22.1 Å². The van der Waals surface area contributed by atoms with Crippen molar-refractivity contribution in [1.82, 2.24) is 10.6 Å². The molecule has 6 heterocycles. The van der Waals surface area contributed by atoms with E-state index in [1.54, 1.807) is 6.08 Å². The van der Waals surface area contributed by atoms with Gasteiger partial charge in [-0.15, -0.1) is 0 Å². The van der Waals surface area contributed by atoms with Crippen LogP contribution in [-0.2, 0) is 57.2 Å². The van der Waals surface area contributed by atoms with E-state index < -0.39 is 17.9 Å². The molecule has 17 heteroatoms. The predicted octanol–water partition coefficient (Wildman–Crippen LogP) is 3.38. The summed E-state index contributed by atoms with van der Waals surface area (Å²) < 4.78 is 34.2. The Morgan fingerprint density at radius 3 is 1.22 bits per heavy atom. The summed E-state index contributed by atoms with van der Waals surface area (Å²) in [5, 5.41) is 14.8. The van der Waals surface area contributed by atoms with Gasteiger partial charge in [-0.05, 0) is 97.8 Å². The molecule has 7 N–H and O–H groups in total. The van der Waals surface area contributed by atoms with Gasteiger partial charge in [-0.3, -0.25) is 9.59 Å². The number of carbonyl (C=O) groups is 6. The number of nitrogens with two attached hydrogens (primary N) is 2. The van der Waals surface area contributed by atoms with Gasteiger partial charge in [0.15, 0.2) is 0 Å². The molecule has 3 aliphatic carbocycles. The number of fused-ring (bicyclic) bond motifs is 9. The second-order valence-electron chi connectivity index (χ2n) is 18.7. The SMILES string of the molecule is C=C1C(=O)O[C@H]2[C@H]1CC/C(C(=O)NCNC(=O)/C1=C/CC[C@@]3(C)O[C@H]3[C@H]3OC(=O)C(=C)[C@@H]3CC1)=C\CC[C@@]1(C)O[C@@H]21.C=C1C(=O)O[C@H]2[C@H]1CC/C(C(=O)O)=C\CC[C@@]1(C)O[C@@H]21.NCN. The minimum absolute atomic E-state index is 0.0289. The summed E-state index contributed by atoms with van der Waals surface area (Å²) in [6.07, 6.45) is 11.3. The molecule has 348 valence electrons. The van der Waals surface area contributed by atoms with Gasteiger partial charge in [-0.1, -0.05) is 38.0 Å². The minimum atomic E-state index is -0.892. The lowest BCUT2D eigenvalue weighted by Crippen LogP contribution is -2.39. The second kappa shape index (κ2) is 18.5. The van der Waals surface area contributed by atoms with E-state index in [9.17, 15) is 33.9 Å². The van der Waals surface area contributed by atoms with Crippen molar-refractivity contribution >= 4 is 35.7 Å². The van der Waals surface area contributed by atoms with E-state index in [4.69, 9.17) is 28.4 Å². The van der Waals surface area contributed by atoms with Crippen molar-refractivity contribution in [3.05, 3.63) is 71.4 Å². The quantitative estimate of drug-likeness (QED) is 0.0871. The number of carbonyl (C=O) groups excluding carboxylic acids is 5. The topological polar surface area (TPSA) is 264 Å². The molecular weight excluding hydrogens is 829 g/mol. The third-order valence-corrected chi connectivity index (χ3v) is 14.4. The number of allylic oxidation sites excluding steroid dienone is 3. The van der Waals surface area contributed by atoms with Crippen LogP contribution in [0.1, 0.15) is 97.8 Å². The van der Waals surface area contributed by atoms with Gasteiger partial charge in [0.05, 0.1) is 23.5 Å². The first-order chi connectivity index (χ1) is 30.3. The van der Waals surface area contributed by atoms with Gasteiger partial charge in [0, 0.05) is 57.9 Å². The van der Waals surface area contributed by atoms with E-state index in [1.165, 1.54) is 0 Å². The van der Waals surface area contributed by atoms with Crippen molar-refractivity contribution in [3.63, 3.8) is 0 Å². The molecule has 0 unspecified atom stereocenters. The second-order valence-corrected chi connectivity index (χ2v) is 18.7. The van der Waals surface area contributed by atoms with Crippen LogP contribution in [0.25, 0.3) is 0 Å². The molecule has 12 atom stereocenters. The average Bonchev–Trinajstić information content (AvgIpc) is 4.17. The highest BCUT2D eigenvalue weighted by Gasteiger charge is 2.63. The van der Waals surface area contributed by atoms with Crippen LogP contribution in [0.3, 0.4) is 0 Å². The van der Waals surface area contributed by atoms with Crippen molar-refractivity contribution in [3.8, 4) is 0 Å². The summed E-state index contributed by atoms with van der Waals surface area (Å²) in [4.78, 5) is 73.6. The Morgan fingerprint density at radius 2 is 0.906 bits per heavy atom. The van der Waals surface area contributed by atoms with Crippen molar-refractivity contribution in [2.45, 2.75) is 151 Å². The molecule has 6 saturated heterocycles. The Balaban J connectivity index is 0.000000222. The van der Waals surface area contributed by atoms with E-state index in [-0.39, 0.29) is 102 Å². The third kappa shape index (κ3) is 9.69. The third-order valence-electron chi connectivity index (χ3n) is 14.4. The summed E-state index contributed by atoms with van der Waals surface area (Å²) in [6.45, 7) is 17.9. The van der Waals surface area contributed by atoms with E-state index in [1.807, 2.05) is 32.9 Å². The maximum absolute atomic E-state index is 13.1. The number of carboxylic acid groups (broad SMARTS) is 1. The van der Waals surface area contributed by atoms with Crippen molar-refractivity contribution in [2.24, 2.45) is 29.2 Å². The van der Waals surface area contributed by atoms with Gasteiger partial charge in [0.25, 0.3) is 0 Å². The molecule has 17 nitrogen and oxygen atoms in total. The number of carboxylic acids is 1. The van der Waals surface area contributed by atoms with Crippen LogP contribution >= 0.6 is 0 Å². The van der Waals surface area contributed by atoms with Crippen LogP contribution in [0.5, 0.6) is 0 Å². The van der Waals surface area contributed by atoms with Crippen LogP contribution in [-0.4, -0.2) is 108 Å². The van der Waals surface area contributed by atoms with Crippen LogP contribution in [0, 0.1) is 17.8 Å². The number of hydrogen-bond donors (Lipinski definition) is 5. The van der Waals surface area contributed by atoms with Gasteiger partial charge in [-0.2, -0.15) is 0 Å². The first-order valence-electron chi connectivity index (χ1n) is 22.3. The first kappa shape index (κ1) is 47.0. The smallest absolute Gasteiger partial charge is 0.334 e. The number of hydrogen-bond acceptors (Lipinski definition) is 14. The van der Waals surface area contributed by atoms with Gasteiger partial charge >= 0.3 is 23.9 Å². The first-order valence-corrected chi connectivity index (χ1v) is 22.3. The summed E-state index contributed by atoms with van der Waals surface area (Å²) in [5.74, 6) is -3.12. The Kier molecular flexibility index (Phi) is 13.6. The van der Waals surface area contributed by atoms with E-state index >= 15 is 0 Å². The summed E-state index contributed by atoms with van der Waals surface area (Å²) in [5.41, 5.74) is 11.1. The number of amides is 2. The number of aliphatic carboxylic acids is 1. The molecule has 0 aromatic carbocycles. The number of esters is 3. The lowest BCUT2D eigenvalue weighted by Gasteiger charge is -2.20. The lowest BCUT2D eigenvalue weighted by atomic mass is 9.83. The predicted molar refractivity (Wildman–Crippen MR) is 229 cm³/mol. The molecule has 9 aliphatic rings. The zero-order valence-electron chi connectivity index (χ0n) is 36.9. The van der Waals surface area contributed by atoms with Gasteiger partial charge < -0.3 is 55.6 Å². The molecule has 0 radical (unpaired) electrons. The number of nitrogens with one attached hydrogen (secondary N) is 2. The number of ether oxygens (including phenoxy) is 6. The van der Waals surface area contributed by atoms with Crippen molar-refractivity contribution in [1.29, 1.82) is 0 Å². The molecule has 64 heavy (non-hydrogen) atoms. The summed E-state index contributed by atoms with van der Waals surface area (Å²) in [6, 6.07) is 0. The maximum atomic E-state index is 13.1. The number of rotatable bonds is 5. The zero-order chi connectivity index (χ0) is 46.3. The molecule has 0 aromatic rings. The fourth-order valence-electron chi connectivity index (χ4n) is 10.2. The normalized spacial score (nSPS) is 40.8. The van der Waals surface area contributed by atoms with Crippen molar-refractivity contribution < 1.29 is 62.3 Å². The summed E-state index contributed by atoms with van der Waals surface area (Å²) in [7, 11) is 0. The molecule has 0 bridgehead atoms. The van der Waals surface area contributed by atoms with Gasteiger partial charge in [0.1, 0.15) is 36.6 Å². The van der Waals surface area contributed by atoms with Gasteiger partial charge in [-0.25, -0.2) is 19.2 Å². The van der Waals surface area contributed by atoms with E-state index in [0.717, 1.165) is 6.42 Å². The fourth-order valence-corrected chi connectivity index (χ4v) is 10.2. The lowest BCUT2D eigenvalue weighted by molar-refractivity contribution is -0.140. The Morgan fingerprint density at radius 1 is 0.609 bits per heavy atom. The largest absolute Gasteiger partial charge is 0.478 e. The molecule has 6 fully saturated rings. The molecule has 9 rings (SSSR count). The van der Waals surface area contributed by atoms with E-state index in [0.29, 0.717) is 104 Å². The molecule has 2 amide bonds. The van der Waals surface area contributed by atoms with Crippen molar-refractivity contribution in [2.75, 3.05) is 13.3 Å². The van der Waals surface area contributed by atoms with Gasteiger partial charge in [0.2, 0.25) is 11.8 Å². The highest BCUT2D eigenvalue weighted by Crippen LogP contribution is 2.52. The standard InChI is InChI=1S/C31H38N2O8.C15H18O5.CH6N2/c1-16-20-11-9-18(7-5-13-30(3)24(40-30)22(20)38-28(16)36)26(34)32-15-33-27(35)19-8-6-14-31(4)25(41-31)23-21(12-10-19)17(2)29(37)39-23;1-8-10-6-5-9(13(16)17)4-3-7-15(2)12(20-15)11(10)19-14(8)18;2-1-3/h7-8,20-25H,1-2,5-6,9-15H2,3-4H3,(H,32,34)(H,33,35);4,10-12H,1,3,5-7H2,2H3,(H,16,17);1-3H2/b18-7+,19-8+;9-4+;/t20-,21-,22-,23-,24-,25-,30+,31+;10-,11-,12-,15+;/m00./s1. The van der Waals surface area contributed by atoms with Crippen LogP contribution in [0.4, 0.5) is 0 Å². The monoisotopic (exact) mass is 890 g/mol. The maximum Gasteiger partial charge on any atom is 0.334 e. The van der Waals surface area contributed by atoms with Crippen LogP contribution in [0.15, 0.2) is 71.4 Å². The van der Waals surface area contributed by atoms with E-state index in [2.05, 4.69) is 41.8 Å². The minimum Gasteiger partial charge on any atom is -0.478 e. The molecule has 6 aliphatic heterocycles. The Bertz CT molecular complexity index is 2000. The Labute approximate surface area is 373 Å². The van der Waals surface area contributed by atoms with Crippen LogP contribution in [0.2, 0.25) is 0 Å². The Hall–Kier alpha value is -4.94. The number of epoxide rings is 3. The fraction of sp³-hybridized carbons (Fsp3) is 0.617. The highest BCUT2D eigenvalue weighted by atomic mass is 16.7. The molecule has 0 saturated carbocycles. The zero-order valence-corrected chi connectivity index (χ0v) is 36.9. The molecular formula is C47H62N4O13. The molecule has 0 aromatic heterocycles.